The SMILES string of the molecule is Cc1c(CC(=O)N2CCNCC2)c2c(n1Cc1ccccc1F)CCCC2=O. The van der Waals surface area contributed by atoms with Crippen LogP contribution >= 0.6 is 0 Å². The lowest BCUT2D eigenvalue weighted by molar-refractivity contribution is -0.131. The monoisotopic (exact) mass is 383 g/mol. The number of hydrogen-bond acceptors (Lipinski definition) is 3. The molecule has 4 rings (SSSR count). The standard InChI is InChI=1S/C22H26FN3O2/c1-15-17(13-21(28)25-11-9-24-10-12-25)22-19(7-4-8-20(22)27)26(15)14-16-5-2-3-6-18(16)23/h2-3,5-6,24H,4,7-14H2,1H3. The first-order valence-electron chi connectivity index (χ1n) is 10.0. The smallest absolute Gasteiger partial charge is 0.227 e. The Bertz CT molecular complexity index is 913. The van der Waals surface area contributed by atoms with Gasteiger partial charge in [-0.2, -0.15) is 0 Å². The molecule has 6 heteroatoms. The molecule has 0 saturated carbocycles. The molecule has 2 heterocycles. The Balaban J connectivity index is 1.70. The van der Waals surface area contributed by atoms with Gasteiger partial charge in [-0.1, -0.05) is 18.2 Å². The van der Waals surface area contributed by atoms with Crippen molar-refractivity contribution in [2.75, 3.05) is 26.2 Å². The number of carbonyl (C=O) groups excluding carboxylic acids is 2. The summed E-state index contributed by atoms with van der Waals surface area (Å²) in [6.07, 6.45) is 2.35. The van der Waals surface area contributed by atoms with Crippen LogP contribution in [0.25, 0.3) is 0 Å². The highest BCUT2D eigenvalue weighted by atomic mass is 19.1. The van der Waals surface area contributed by atoms with Crippen molar-refractivity contribution in [1.82, 2.24) is 14.8 Å². The molecule has 1 fully saturated rings. The van der Waals surface area contributed by atoms with Gasteiger partial charge < -0.3 is 14.8 Å². The van der Waals surface area contributed by atoms with E-state index < -0.39 is 0 Å². The summed E-state index contributed by atoms with van der Waals surface area (Å²) in [5.74, 6) is -0.0708. The normalized spacial score (nSPS) is 16.9. The molecule has 0 unspecified atom stereocenters. The second-order valence-electron chi connectivity index (χ2n) is 7.65. The lowest BCUT2D eigenvalue weighted by Gasteiger charge is -2.27. The van der Waals surface area contributed by atoms with Gasteiger partial charge in [-0.15, -0.1) is 0 Å². The van der Waals surface area contributed by atoms with Crippen molar-refractivity contribution in [2.45, 2.75) is 39.2 Å². The molecule has 1 aliphatic carbocycles. The fraction of sp³-hybridized carbons (Fsp3) is 0.455. The summed E-state index contributed by atoms with van der Waals surface area (Å²) >= 11 is 0. The number of hydrogen-bond donors (Lipinski definition) is 1. The molecule has 0 bridgehead atoms. The summed E-state index contributed by atoms with van der Waals surface area (Å²) in [4.78, 5) is 27.4. The van der Waals surface area contributed by atoms with Gasteiger partial charge in [-0.3, -0.25) is 9.59 Å². The Kier molecular flexibility index (Phi) is 5.31. The minimum Gasteiger partial charge on any atom is -0.343 e. The van der Waals surface area contributed by atoms with Crippen LogP contribution in [0, 0.1) is 12.7 Å². The third-order valence-corrected chi connectivity index (χ3v) is 5.94. The van der Waals surface area contributed by atoms with E-state index >= 15 is 0 Å². The van der Waals surface area contributed by atoms with Crippen molar-refractivity contribution in [3.63, 3.8) is 0 Å². The van der Waals surface area contributed by atoms with Crippen LogP contribution in [0.3, 0.4) is 0 Å². The molecule has 2 aromatic rings. The minimum absolute atomic E-state index is 0.0637. The first-order chi connectivity index (χ1) is 13.6. The molecule has 28 heavy (non-hydrogen) atoms. The van der Waals surface area contributed by atoms with E-state index in [1.807, 2.05) is 22.5 Å². The van der Waals surface area contributed by atoms with Gasteiger partial charge in [-0.05, 0) is 31.4 Å². The summed E-state index contributed by atoms with van der Waals surface area (Å²) in [5.41, 5.74) is 4.01. The molecule has 1 aliphatic heterocycles. The van der Waals surface area contributed by atoms with Gasteiger partial charge in [-0.25, -0.2) is 4.39 Å². The van der Waals surface area contributed by atoms with Crippen LogP contribution in [-0.2, 0) is 24.2 Å². The molecule has 0 spiro atoms. The molecule has 0 radical (unpaired) electrons. The number of piperazine rings is 1. The van der Waals surface area contributed by atoms with E-state index in [0.717, 1.165) is 42.9 Å². The Hall–Kier alpha value is -2.47. The lowest BCUT2D eigenvalue weighted by Crippen LogP contribution is -2.47. The van der Waals surface area contributed by atoms with Gasteiger partial charge in [0.1, 0.15) is 5.82 Å². The minimum atomic E-state index is -0.245. The number of nitrogens with one attached hydrogen (secondary N) is 1. The fourth-order valence-electron chi connectivity index (χ4n) is 4.39. The number of rotatable bonds is 4. The van der Waals surface area contributed by atoms with Gasteiger partial charge in [0.15, 0.2) is 5.78 Å². The molecule has 148 valence electrons. The second-order valence-corrected chi connectivity index (χ2v) is 7.65. The van der Waals surface area contributed by atoms with Crippen molar-refractivity contribution >= 4 is 11.7 Å². The van der Waals surface area contributed by atoms with Crippen LogP contribution in [0.2, 0.25) is 0 Å². The molecular formula is C22H26FN3O2. The fourth-order valence-corrected chi connectivity index (χ4v) is 4.39. The van der Waals surface area contributed by atoms with Crippen LogP contribution in [0.1, 0.15) is 45.7 Å². The van der Waals surface area contributed by atoms with E-state index in [9.17, 15) is 14.0 Å². The number of ketones is 1. The van der Waals surface area contributed by atoms with Crippen LogP contribution in [0.15, 0.2) is 24.3 Å². The zero-order chi connectivity index (χ0) is 19.7. The van der Waals surface area contributed by atoms with Gasteiger partial charge >= 0.3 is 0 Å². The highest BCUT2D eigenvalue weighted by Crippen LogP contribution is 2.31. The third kappa shape index (κ3) is 3.49. The summed E-state index contributed by atoms with van der Waals surface area (Å²) in [7, 11) is 0. The number of aromatic nitrogens is 1. The van der Waals surface area contributed by atoms with Crippen molar-refractivity contribution < 1.29 is 14.0 Å². The largest absolute Gasteiger partial charge is 0.343 e. The van der Waals surface area contributed by atoms with E-state index in [4.69, 9.17) is 0 Å². The Morgan fingerprint density at radius 2 is 1.93 bits per heavy atom. The van der Waals surface area contributed by atoms with Crippen molar-refractivity contribution in [2.24, 2.45) is 0 Å². The third-order valence-electron chi connectivity index (χ3n) is 5.94. The zero-order valence-corrected chi connectivity index (χ0v) is 16.3. The molecular weight excluding hydrogens is 357 g/mol. The maximum atomic E-state index is 14.2. The summed E-state index contributed by atoms with van der Waals surface area (Å²) in [6, 6.07) is 6.74. The van der Waals surface area contributed by atoms with Gasteiger partial charge in [0.05, 0.1) is 13.0 Å². The molecule has 2 aliphatic rings. The van der Waals surface area contributed by atoms with Crippen molar-refractivity contribution in [3.8, 4) is 0 Å². The van der Waals surface area contributed by atoms with E-state index in [1.54, 1.807) is 12.1 Å². The second kappa shape index (κ2) is 7.87. The number of Topliss-reactive ketones (excluding diaryl/α,β-unsaturated/α-hetero) is 1. The van der Waals surface area contributed by atoms with E-state index in [-0.39, 0.29) is 23.9 Å². The molecule has 5 nitrogen and oxygen atoms in total. The average molecular weight is 383 g/mol. The topological polar surface area (TPSA) is 54.3 Å². The average Bonchev–Trinajstić information content (AvgIpc) is 2.97. The van der Waals surface area contributed by atoms with Crippen LogP contribution in [0.5, 0.6) is 0 Å². The highest BCUT2D eigenvalue weighted by molar-refractivity contribution is 6.01. The maximum Gasteiger partial charge on any atom is 0.227 e. The van der Waals surface area contributed by atoms with Gasteiger partial charge in [0, 0.05) is 55.1 Å². The number of fused-ring (bicyclic) bond motifs is 1. The predicted octanol–water partition coefficient (Wildman–Crippen LogP) is 2.48. The Morgan fingerprint density at radius 1 is 1.18 bits per heavy atom. The van der Waals surface area contributed by atoms with E-state index in [2.05, 4.69) is 5.32 Å². The first kappa shape index (κ1) is 18.9. The summed E-state index contributed by atoms with van der Waals surface area (Å²) in [6.45, 7) is 5.34. The van der Waals surface area contributed by atoms with Gasteiger partial charge in [0.25, 0.3) is 0 Å². The molecule has 1 saturated heterocycles. The number of amides is 1. The number of benzene rings is 1. The number of halogens is 1. The van der Waals surface area contributed by atoms with Crippen LogP contribution in [0.4, 0.5) is 4.39 Å². The molecule has 0 atom stereocenters. The molecule has 1 N–H and O–H groups in total. The first-order valence-corrected chi connectivity index (χ1v) is 10.0. The van der Waals surface area contributed by atoms with E-state index in [1.165, 1.54) is 6.07 Å². The Morgan fingerprint density at radius 3 is 2.68 bits per heavy atom. The summed E-state index contributed by atoms with van der Waals surface area (Å²) < 4.78 is 16.3. The van der Waals surface area contributed by atoms with Crippen LogP contribution in [-0.4, -0.2) is 47.3 Å². The number of carbonyl (C=O) groups is 2. The zero-order valence-electron chi connectivity index (χ0n) is 16.3. The predicted molar refractivity (Wildman–Crippen MR) is 105 cm³/mol. The van der Waals surface area contributed by atoms with Crippen LogP contribution < -0.4 is 5.32 Å². The summed E-state index contributed by atoms with van der Waals surface area (Å²) in [5, 5.41) is 3.25. The van der Waals surface area contributed by atoms with E-state index in [0.29, 0.717) is 37.2 Å². The number of nitrogens with zero attached hydrogens (tertiary/aromatic N) is 2. The molecule has 1 aromatic heterocycles. The van der Waals surface area contributed by atoms with Gasteiger partial charge in [0.2, 0.25) is 5.91 Å². The maximum absolute atomic E-state index is 14.2. The molecule has 1 aromatic carbocycles. The lowest BCUT2D eigenvalue weighted by atomic mass is 9.92. The van der Waals surface area contributed by atoms with Crippen molar-refractivity contribution in [3.05, 3.63) is 58.2 Å². The highest BCUT2D eigenvalue weighted by Gasteiger charge is 2.30. The molecule has 1 amide bonds. The quantitative estimate of drug-likeness (QED) is 0.883. The van der Waals surface area contributed by atoms with Crippen molar-refractivity contribution in [1.29, 1.82) is 0 Å². The Labute approximate surface area is 164 Å².